The number of hydrogen-bond acceptors (Lipinski definition) is 1. The fraction of sp³-hybridized carbons (Fsp3) is 0.562. The maximum atomic E-state index is 12.4. The second-order valence-electron chi connectivity index (χ2n) is 5.63. The van der Waals surface area contributed by atoms with E-state index in [4.69, 9.17) is 23.2 Å². The Morgan fingerprint density at radius 3 is 2.35 bits per heavy atom. The fourth-order valence-corrected chi connectivity index (χ4v) is 3.00. The molecule has 0 aliphatic heterocycles. The van der Waals surface area contributed by atoms with Crippen LogP contribution in [0.4, 0.5) is 5.69 Å². The number of hydrogen-bond donors (Lipinski definition) is 1. The summed E-state index contributed by atoms with van der Waals surface area (Å²) < 4.78 is 0. The molecule has 4 heteroatoms. The Hall–Kier alpha value is -0.730. The van der Waals surface area contributed by atoms with Gasteiger partial charge in [0.15, 0.2) is 0 Å². The summed E-state index contributed by atoms with van der Waals surface area (Å²) in [6, 6.07) is 3.68. The molecule has 1 aromatic rings. The van der Waals surface area contributed by atoms with Crippen molar-refractivity contribution in [2.24, 2.45) is 5.41 Å². The lowest BCUT2D eigenvalue weighted by molar-refractivity contribution is -0.126. The normalized spacial score (nSPS) is 17.2. The topological polar surface area (TPSA) is 29.1 Å². The van der Waals surface area contributed by atoms with E-state index >= 15 is 0 Å². The standard InChI is InChI=1S/C15H19Cl2NO.CH4/c1-10-6-7-11(13(17)12(10)16)18-14(19)15(2)8-4-3-5-9-15;/h6-7H,3-5,8-9H2,1-2H3,(H,18,19);1H4. The van der Waals surface area contributed by atoms with Gasteiger partial charge < -0.3 is 5.32 Å². The number of amides is 1. The Bertz CT molecular complexity index is 493. The first-order valence-corrected chi connectivity index (χ1v) is 7.46. The maximum Gasteiger partial charge on any atom is 0.230 e. The molecule has 1 saturated carbocycles. The Morgan fingerprint density at radius 2 is 1.75 bits per heavy atom. The Labute approximate surface area is 131 Å². The smallest absolute Gasteiger partial charge is 0.230 e. The van der Waals surface area contributed by atoms with Crippen molar-refractivity contribution in [3.8, 4) is 0 Å². The summed E-state index contributed by atoms with van der Waals surface area (Å²) in [5, 5.41) is 3.87. The Morgan fingerprint density at radius 1 is 1.15 bits per heavy atom. The third kappa shape index (κ3) is 3.48. The summed E-state index contributed by atoms with van der Waals surface area (Å²) in [6.45, 7) is 3.92. The van der Waals surface area contributed by atoms with Crippen LogP contribution in [-0.4, -0.2) is 5.91 Å². The zero-order valence-electron chi connectivity index (χ0n) is 11.4. The van der Waals surface area contributed by atoms with Gasteiger partial charge in [-0.05, 0) is 31.4 Å². The summed E-state index contributed by atoms with van der Waals surface area (Å²) in [5.41, 5.74) is 1.24. The third-order valence-electron chi connectivity index (χ3n) is 4.03. The Kier molecular flexibility index (Phi) is 5.91. The number of aryl methyl sites for hydroxylation is 1. The Balaban J connectivity index is 0.00000200. The molecule has 2 rings (SSSR count). The van der Waals surface area contributed by atoms with Crippen LogP contribution in [0.15, 0.2) is 12.1 Å². The van der Waals surface area contributed by atoms with Crippen LogP contribution < -0.4 is 5.32 Å². The average molecular weight is 316 g/mol. The molecule has 0 atom stereocenters. The minimum Gasteiger partial charge on any atom is -0.324 e. The van der Waals surface area contributed by atoms with Crippen molar-refractivity contribution in [1.29, 1.82) is 0 Å². The van der Waals surface area contributed by atoms with Crippen molar-refractivity contribution in [3.63, 3.8) is 0 Å². The third-order valence-corrected chi connectivity index (χ3v) is 5.01. The minimum atomic E-state index is -0.279. The first-order chi connectivity index (χ1) is 8.94. The fourth-order valence-electron chi connectivity index (χ4n) is 2.57. The quantitative estimate of drug-likeness (QED) is 0.729. The highest BCUT2D eigenvalue weighted by Crippen LogP contribution is 2.38. The van der Waals surface area contributed by atoms with Gasteiger partial charge >= 0.3 is 0 Å². The molecule has 2 nitrogen and oxygen atoms in total. The molecule has 1 fully saturated rings. The van der Waals surface area contributed by atoms with Crippen LogP contribution in [0.1, 0.15) is 52.0 Å². The number of nitrogens with one attached hydrogen (secondary N) is 1. The lowest BCUT2D eigenvalue weighted by Gasteiger charge is -2.32. The van der Waals surface area contributed by atoms with Gasteiger partial charge in [0, 0.05) is 5.41 Å². The van der Waals surface area contributed by atoms with Gasteiger partial charge in [-0.3, -0.25) is 4.79 Å². The van der Waals surface area contributed by atoms with Gasteiger partial charge in [0.05, 0.1) is 15.7 Å². The molecular formula is C16H23Cl2NO. The van der Waals surface area contributed by atoms with E-state index in [1.54, 1.807) is 0 Å². The van der Waals surface area contributed by atoms with E-state index in [1.807, 2.05) is 26.0 Å². The van der Waals surface area contributed by atoms with Crippen molar-refractivity contribution in [2.75, 3.05) is 5.32 Å². The molecule has 0 saturated heterocycles. The molecule has 0 unspecified atom stereocenters. The van der Waals surface area contributed by atoms with E-state index < -0.39 is 0 Å². The summed E-state index contributed by atoms with van der Waals surface area (Å²) in [4.78, 5) is 12.4. The second kappa shape index (κ2) is 6.82. The van der Waals surface area contributed by atoms with E-state index in [9.17, 15) is 4.79 Å². The number of carbonyl (C=O) groups is 1. The monoisotopic (exact) mass is 315 g/mol. The maximum absolute atomic E-state index is 12.4. The van der Waals surface area contributed by atoms with E-state index in [1.165, 1.54) is 6.42 Å². The zero-order chi connectivity index (χ0) is 14.0. The largest absolute Gasteiger partial charge is 0.324 e. The SMILES string of the molecule is C.Cc1ccc(NC(=O)C2(C)CCCCC2)c(Cl)c1Cl. The van der Waals surface area contributed by atoms with E-state index in [-0.39, 0.29) is 18.7 Å². The van der Waals surface area contributed by atoms with Crippen LogP contribution in [-0.2, 0) is 4.79 Å². The lowest BCUT2D eigenvalue weighted by atomic mass is 9.75. The molecule has 1 amide bonds. The number of anilines is 1. The molecule has 1 aliphatic rings. The van der Waals surface area contributed by atoms with Crippen LogP contribution in [0.25, 0.3) is 0 Å². The molecule has 112 valence electrons. The van der Waals surface area contributed by atoms with Gasteiger partial charge in [0.1, 0.15) is 0 Å². The van der Waals surface area contributed by atoms with Gasteiger partial charge in [-0.2, -0.15) is 0 Å². The van der Waals surface area contributed by atoms with Crippen molar-refractivity contribution >= 4 is 34.8 Å². The van der Waals surface area contributed by atoms with Gasteiger partial charge in [-0.25, -0.2) is 0 Å². The average Bonchev–Trinajstić information content (AvgIpc) is 2.40. The predicted molar refractivity (Wildman–Crippen MR) is 87.8 cm³/mol. The minimum absolute atomic E-state index is 0. The molecule has 1 N–H and O–H groups in total. The highest BCUT2D eigenvalue weighted by Gasteiger charge is 2.34. The van der Waals surface area contributed by atoms with E-state index in [2.05, 4.69) is 5.32 Å². The van der Waals surface area contributed by atoms with Gasteiger partial charge in [-0.15, -0.1) is 0 Å². The number of halogens is 2. The van der Waals surface area contributed by atoms with Crippen molar-refractivity contribution in [3.05, 3.63) is 27.7 Å². The van der Waals surface area contributed by atoms with Gasteiger partial charge in [0.25, 0.3) is 0 Å². The molecule has 0 bridgehead atoms. The van der Waals surface area contributed by atoms with Crippen LogP contribution >= 0.6 is 23.2 Å². The summed E-state index contributed by atoms with van der Waals surface area (Å²) in [6.07, 6.45) is 5.34. The highest BCUT2D eigenvalue weighted by molar-refractivity contribution is 6.44. The molecule has 0 aromatic heterocycles. The predicted octanol–water partition coefficient (Wildman–Crippen LogP) is 5.85. The van der Waals surface area contributed by atoms with Crippen LogP contribution in [0.5, 0.6) is 0 Å². The molecule has 1 aromatic carbocycles. The van der Waals surface area contributed by atoms with Crippen LogP contribution in [0.3, 0.4) is 0 Å². The van der Waals surface area contributed by atoms with Gasteiger partial charge in [-0.1, -0.05) is 62.9 Å². The second-order valence-corrected chi connectivity index (χ2v) is 6.39. The van der Waals surface area contributed by atoms with E-state index in [0.29, 0.717) is 15.7 Å². The lowest BCUT2D eigenvalue weighted by Crippen LogP contribution is -2.35. The molecule has 1 aliphatic carbocycles. The number of benzene rings is 1. The number of carbonyl (C=O) groups excluding carboxylic acids is 1. The van der Waals surface area contributed by atoms with E-state index in [0.717, 1.165) is 31.2 Å². The van der Waals surface area contributed by atoms with Crippen molar-refractivity contribution in [2.45, 2.75) is 53.4 Å². The van der Waals surface area contributed by atoms with Gasteiger partial charge in [0.2, 0.25) is 5.91 Å². The summed E-state index contributed by atoms with van der Waals surface area (Å²) >= 11 is 12.3. The first kappa shape index (κ1) is 17.3. The molecule has 0 spiro atoms. The molecule has 0 radical (unpaired) electrons. The zero-order valence-corrected chi connectivity index (χ0v) is 12.9. The van der Waals surface area contributed by atoms with Crippen LogP contribution in [0, 0.1) is 12.3 Å². The summed E-state index contributed by atoms with van der Waals surface area (Å²) in [7, 11) is 0. The highest BCUT2D eigenvalue weighted by atomic mass is 35.5. The van der Waals surface area contributed by atoms with Crippen LogP contribution in [0.2, 0.25) is 10.0 Å². The molecule has 20 heavy (non-hydrogen) atoms. The van der Waals surface area contributed by atoms with Crippen molar-refractivity contribution in [1.82, 2.24) is 0 Å². The first-order valence-electron chi connectivity index (χ1n) is 6.70. The molecule has 0 heterocycles. The summed E-state index contributed by atoms with van der Waals surface area (Å²) in [5.74, 6) is 0.0500. The molecular weight excluding hydrogens is 293 g/mol. The van der Waals surface area contributed by atoms with Crippen molar-refractivity contribution < 1.29 is 4.79 Å². The number of rotatable bonds is 2.